The van der Waals surface area contributed by atoms with Crippen molar-refractivity contribution >= 4 is 27.5 Å². The Hall–Kier alpha value is -3.86. The number of hydrogen-bond acceptors (Lipinski definition) is 4. The average molecular weight is 630 g/mol. The lowest BCUT2D eigenvalue weighted by Gasteiger charge is -2.34. The molecule has 1 aliphatic rings. The van der Waals surface area contributed by atoms with E-state index in [1.807, 2.05) is 31.2 Å². The van der Waals surface area contributed by atoms with Gasteiger partial charge in [0.05, 0.1) is 16.1 Å². The van der Waals surface area contributed by atoms with Gasteiger partial charge in [0.1, 0.15) is 12.6 Å². The van der Waals surface area contributed by atoms with Crippen molar-refractivity contribution in [3.8, 4) is 0 Å². The Morgan fingerprint density at radius 3 is 2.20 bits per heavy atom. The molecule has 1 aliphatic carbocycles. The number of carbonyl (C=O) groups excluding carboxylic acids is 2. The summed E-state index contributed by atoms with van der Waals surface area (Å²) < 4.78 is 69.4. The maximum atomic E-state index is 14.2. The predicted octanol–water partition coefficient (Wildman–Crippen LogP) is 6.47. The van der Waals surface area contributed by atoms with Gasteiger partial charge in [0.25, 0.3) is 10.0 Å². The van der Waals surface area contributed by atoms with Gasteiger partial charge >= 0.3 is 6.18 Å². The van der Waals surface area contributed by atoms with E-state index in [2.05, 4.69) is 5.32 Å². The number of nitrogens with zero attached hydrogens (tertiary/aromatic N) is 2. The molecule has 7 nitrogen and oxygen atoms in total. The summed E-state index contributed by atoms with van der Waals surface area (Å²) in [5.74, 6) is -1.05. The van der Waals surface area contributed by atoms with Crippen molar-refractivity contribution < 1.29 is 31.2 Å². The Morgan fingerprint density at radius 2 is 1.59 bits per heavy atom. The largest absolute Gasteiger partial charge is 0.416 e. The highest BCUT2D eigenvalue weighted by molar-refractivity contribution is 7.92. The fraction of sp³-hybridized carbons (Fsp3) is 0.394. The van der Waals surface area contributed by atoms with Crippen LogP contribution in [0.25, 0.3) is 0 Å². The van der Waals surface area contributed by atoms with E-state index >= 15 is 0 Å². The maximum Gasteiger partial charge on any atom is 0.416 e. The van der Waals surface area contributed by atoms with Gasteiger partial charge in [-0.15, -0.1) is 0 Å². The molecule has 0 aromatic heterocycles. The van der Waals surface area contributed by atoms with Gasteiger partial charge in [-0.1, -0.05) is 80.3 Å². The predicted molar refractivity (Wildman–Crippen MR) is 163 cm³/mol. The van der Waals surface area contributed by atoms with Crippen molar-refractivity contribution in [1.82, 2.24) is 10.2 Å². The van der Waals surface area contributed by atoms with E-state index in [1.54, 1.807) is 13.0 Å². The lowest BCUT2D eigenvalue weighted by atomic mass is 9.95. The number of amides is 2. The normalized spacial score (nSPS) is 14.9. The van der Waals surface area contributed by atoms with Crippen molar-refractivity contribution in [3.63, 3.8) is 0 Å². The van der Waals surface area contributed by atoms with Crippen molar-refractivity contribution in [2.75, 3.05) is 10.8 Å². The van der Waals surface area contributed by atoms with Crippen LogP contribution in [0.4, 0.5) is 18.9 Å². The second-order valence-electron chi connectivity index (χ2n) is 11.1. The molecule has 0 bridgehead atoms. The highest BCUT2D eigenvalue weighted by Crippen LogP contribution is 2.33. The SMILES string of the molecule is CCC(C(=O)NC1CCCCC1)N(Cc1ccc(C)cc1)C(=O)CN(c1cccc(C(F)(F)F)c1)S(=O)(=O)c1ccccc1. The Bertz CT molecular complexity index is 1520. The zero-order valence-electron chi connectivity index (χ0n) is 24.9. The number of aryl methyl sites for hydroxylation is 1. The molecule has 0 aliphatic heterocycles. The molecule has 3 aromatic rings. The van der Waals surface area contributed by atoms with Crippen LogP contribution in [0.1, 0.15) is 62.1 Å². The quantitative estimate of drug-likeness (QED) is 0.264. The summed E-state index contributed by atoms with van der Waals surface area (Å²) in [6.07, 6.45) is 0.297. The molecule has 2 amide bonds. The van der Waals surface area contributed by atoms with E-state index in [0.29, 0.717) is 10.4 Å². The Balaban J connectivity index is 1.74. The van der Waals surface area contributed by atoms with Gasteiger partial charge in [-0.05, 0) is 62.1 Å². The number of halogens is 3. The topological polar surface area (TPSA) is 86.8 Å². The highest BCUT2D eigenvalue weighted by atomic mass is 32.2. The molecule has 0 spiro atoms. The van der Waals surface area contributed by atoms with Crippen LogP contribution in [-0.4, -0.2) is 43.8 Å². The first-order chi connectivity index (χ1) is 20.9. The van der Waals surface area contributed by atoms with E-state index in [-0.39, 0.29) is 35.5 Å². The first-order valence-corrected chi connectivity index (χ1v) is 16.2. The van der Waals surface area contributed by atoms with Gasteiger partial charge < -0.3 is 10.2 Å². The molecular weight excluding hydrogens is 591 g/mol. The summed E-state index contributed by atoms with van der Waals surface area (Å²) in [7, 11) is -4.48. The van der Waals surface area contributed by atoms with Crippen molar-refractivity contribution in [3.05, 3.63) is 95.6 Å². The second kappa shape index (κ2) is 14.3. The molecule has 1 atom stereocenters. The molecule has 4 rings (SSSR count). The van der Waals surface area contributed by atoms with Gasteiger partial charge in [0, 0.05) is 12.6 Å². The zero-order chi connectivity index (χ0) is 31.9. The monoisotopic (exact) mass is 629 g/mol. The number of anilines is 1. The molecule has 44 heavy (non-hydrogen) atoms. The maximum absolute atomic E-state index is 14.2. The summed E-state index contributed by atoms with van der Waals surface area (Å²) in [6, 6.07) is 17.6. The minimum absolute atomic E-state index is 0.0114. The van der Waals surface area contributed by atoms with E-state index in [4.69, 9.17) is 0 Å². The fourth-order valence-corrected chi connectivity index (χ4v) is 6.87. The molecular formula is C33H38F3N3O4S. The van der Waals surface area contributed by atoms with Gasteiger partial charge in [-0.25, -0.2) is 8.42 Å². The van der Waals surface area contributed by atoms with Crippen LogP contribution in [0.3, 0.4) is 0 Å². The van der Waals surface area contributed by atoms with Gasteiger partial charge in [0.15, 0.2) is 0 Å². The van der Waals surface area contributed by atoms with Crippen molar-refractivity contribution in [2.24, 2.45) is 0 Å². The lowest BCUT2D eigenvalue weighted by molar-refractivity contribution is -0.140. The van der Waals surface area contributed by atoms with Gasteiger partial charge in [-0.2, -0.15) is 13.2 Å². The molecule has 0 saturated heterocycles. The van der Waals surface area contributed by atoms with Crippen LogP contribution in [0.5, 0.6) is 0 Å². The first kappa shape index (κ1) is 33.0. The summed E-state index contributed by atoms with van der Waals surface area (Å²) in [5.41, 5.74) is 0.361. The summed E-state index contributed by atoms with van der Waals surface area (Å²) in [5, 5.41) is 3.08. The third-order valence-electron chi connectivity index (χ3n) is 7.88. The van der Waals surface area contributed by atoms with E-state index in [1.165, 1.54) is 35.2 Å². The minimum atomic E-state index is -4.73. The zero-order valence-corrected chi connectivity index (χ0v) is 25.7. The number of hydrogen-bond donors (Lipinski definition) is 1. The molecule has 0 radical (unpaired) electrons. The summed E-state index contributed by atoms with van der Waals surface area (Å²) in [4.78, 5) is 28.9. The number of nitrogens with one attached hydrogen (secondary N) is 1. The third kappa shape index (κ3) is 8.19. The van der Waals surface area contributed by atoms with Crippen LogP contribution in [0.15, 0.2) is 83.8 Å². The van der Waals surface area contributed by atoms with Crippen LogP contribution >= 0.6 is 0 Å². The molecule has 0 heterocycles. The van der Waals surface area contributed by atoms with Gasteiger partial charge in [-0.3, -0.25) is 13.9 Å². The molecule has 3 aromatic carbocycles. The number of carbonyl (C=O) groups is 2. The van der Waals surface area contributed by atoms with Crippen molar-refractivity contribution in [1.29, 1.82) is 0 Å². The number of alkyl halides is 3. The minimum Gasteiger partial charge on any atom is -0.352 e. The molecule has 236 valence electrons. The van der Waals surface area contributed by atoms with Crippen LogP contribution in [0.2, 0.25) is 0 Å². The van der Waals surface area contributed by atoms with Crippen molar-refractivity contribution in [2.45, 2.75) is 82.1 Å². The summed E-state index contributed by atoms with van der Waals surface area (Å²) in [6.45, 7) is 2.89. The Kier molecular flexibility index (Phi) is 10.7. The first-order valence-electron chi connectivity index (χ1n) is 14.8. The van der Waals surface area contributed by atoms with Crippen LogP contribution < -0.4 is 9.62 Å². The highest BCUT2D eigenvalue weighted by Gasteiger charge is 2.36. The second-order valence-corrected chi connectivity index (χ2v) is 13.0. The molecule has 1 N–H and O–H groups in total. The van der Waals surface area contributed by atoms with Crippen LogP contribution in [0, 0.1) is 6.92 Å². The Labute approximate surface area is 257 Å². The number of benzene rings is 3. The fourth-order valence-electron chi connectivity index (χ4n) is 5.44. The number of rotatable bonds is 11. The smallest absolute Gasteiger partial charge is 0.352 e. The molecule has 1 unspecified atom stereocenters. The van der Waals surface area contributed by atoms with Crippen LogP contribution in [-0.2, 0) is 32.3 Å². The third-order valence-corrected chi connectivity index (χ3v) is 9.67. The van der Waals surface area contributed by atoms with E-state index < -0.39 is 40.3 Å². The van der Waals surface area contributed by atoms with Gasteiger partial charge in [0.2, 0.25) is 11.8 Å². The summed E-state index contributed by atoms with van der Waals surface area (Å²) >= 11 is 0. The average Bonchev–Trinajstić information content (AvgIpc) is 3.01. The van der Waals surface area contributed by atoms with E-state index in [0.717, 1.165) is 55.4 Å². The lowest BCUT2D eigenvalue weighted by Crippen LogP contribution is -2.54. The number of sulfonamides is 1. The standard InChI is InChI=1S/C33H38F3N3O4S/c1-3-30(32(41)37-27-12-6-4-7-13-27)38(22-25-19-17-24(2)18-20-25)31(40)23-39(44(42,43)29-15-8-5-9-16-29)28-14-10-11-26(21-28)33(34,35)36/h5,8-11,14-21,27,30H,3-4,6-7,12-13,22-23H2,1-2H3,(H,37,41). The Morgan fingerprint density at radius 1 is 0.932 bits per heavy atom. The van der Waals surface area contributed by atoms with E-state index in [9.17, 15) is 31.2 Å². The molecule has 1 saturated carbocycles. The molecule has 11 heteroatoms. The molecule has 1 fully saturated rings.